The van der Waals surface area contributed by atoms with Gasteiger partial charge in [-0.05, 0) is 43.3 Å². The quantitative estimate of drug-likeness (QED) is 0.880. The van der Waals surface area contributed by atoms with Crippen LogP contribution in [0, 0.1) is 11.8 Å². The Bertz CT molecular complexity index is 361. The Hall–Kier alpha value is -0.860. The second-order valence-electron chi connectivity index (χ2n) is 6.16. The van der Waals surface area contributed by atoms with E-state index in [1.54, 1.807) is 0 Å². The van der Waals surface area contributed by atoms with Gasteiger partial charge in [-0.25, -0.2) is 0 Å². The molecule has 1 aromatic rings. The molecule has 0 radical (unpaired) electrons. The van der Waals surface area contributed by atoms with Crippen LogP contribution in [0.2, 0.25) is 0 Å². The molecule has 1 heterocycles. The summed E-state index contributed by atoms with van der Waals surface area (Å²) in [6, 6.07) is 11.5. The summed E-state index contributed by atoms with van der Waals surface area (Å²) in [4.78, 5) is 2.66. The van der Waals surface area contributed by atoms with Gasteiger partial charge < -0.3 is 5.73 Å². The van der Waals surface area contributed by atoms with Crippen molar-refractivity contribution < 1.29 is 0 Å². The normalized spacial score (nSPS) is 22.6. The zero-order chi connectivity index (χ0) is 13.7. The maximum Gasteiger partial charge on any atom is 0.0236 e. The second-order valence-corrected chi connectivity index (χ2v) is 6.16. The largest absolute Gasteiger partial charge is 0.330 e. The van der Waals surface area contributed by atoms with Gasteiger partial charge in [0, 0.05) is 12.6 Å². The molecule has 2 rings (SSSR count). The average Bonchev–Trinajstić information content (AvgIpc) is 2.42. The predicted octanol–water partition coefficient (Wildman–Crippen LogP) is 3.27. The van der Waals surface area contributed by atoms with Gasteiger partial charge in [0.1, 0.15) is 0 Å². The number of likely N-dealkylation sites (tertiary alicyclic amines) is 1. The monoisotopic (exact) mass is 260 g/mol. The summed E-state index contributed by atoms with van der Waals surface area (Å²) in [7, 11) is 0. The molecule has 0 bridgehead atoms. The van der Waals surface area contributed by atoms with Crippen LogP contribution < -0.4 is 5.73 Å². The van der Waals surface area contributed by atoms with E-state index in [1.807, 2.05) is 0 Å². The molecule has 1 saturated heterocycles. The van der Waals surface area contributed by atoms with E-state index in [4.69, 9.17) is 5.73 Å². The lowest BCUT2D eigenvalue weighted by Crippen LogP contribution is -2.47. The van der Waals surface area contributed by atoms with Gasteiger partial charge in [0.25, 0.3) is 0 Å². The van der Waals surface area contributed by atoms with Gasteiger partial charge in [0.15, 0.2) is 0 Å². The van der Waals surface area contributed by atoms with E-state index < -0.39 is 0 Å². The Balaban J connectivity index is 2.07. The number of piperidine rings is 1. The standard InChI is InChI=1S/C17H28N2/c1-14(2)16(12-18)17-10-6-7-11-19(17)13-15-8-4-3-5-9-15/h3-5,8-9,14,16-17H,6-7,10-13,18H2,1-2H3. The maximum absolute atomic E-state index is 6.03. The third kappa shape index (κ3) is 3.80. The lowest BCUT2D eigenvalue weighted by atomic mass is 9.82. The zero-order valence-corrected chi connectivity index (χ0v) is 12.4. The molecule has 1 fully saturated rings. The Morgan fingerprint density at radius 3 is 2.58 bits per heavy atom. The third-order valence-corrected chi connectivity index (χ3v) is 4.52. The van der Waals surface area contributed by atoms with Crippen LogP contribution in [-0.4, -0.2) is 24.0 Å². The highest BCUT2D eigenvalue weighted by Gasteiger charge is 2.30. The molecule has 0 saturated carbocycles. The molecule has 0 spiro atoms. The van der Waals surface area contributed by atoms with Gasteiger partial charge in [0.2, 0.25) is 0 Å². The Morgan fingerprint density at radius 2 is 1.95 bits per heavy atom. The number of rotatable bonds is 5. The highest BCUT2D eigenvalue weighted by molar-refractivity contribution is 5.14. The number of benzene rings is 1. The predicted molar refractivity (Wildman–Crippen MR) is 81.9 cm³/mol. The van der Waals surface area contributed by atoms with Crippen LogP contribution in [0.3, 0.4) is 0 Å². The second kappa shape index (κ2) is 7.06. The molecule has 0 amide bonds. The van der Waals surface area contributed by atoms with Crippen LogP contribution in [0.5, 0.6) is 0 Å². The van der Waals surface area contributed by atoms with Gasteiger partial charge in [-0.1, -0.05) is 50.6 Å². The summed E-state index contributed by atoms with van der Waals surface area (Å²) in [6.45, 7) is 7.74. The maximum atomic E-state index is 6.03. The molecule has 2 N–H and O–H groups in total. The van der Waals surface area contributed by atoms with Crippen LogP contribution in [0.1, 0.15) is 38.7 Å². The minimum Gasteiger partial charge on any atom is -0.330 e. The zero-order valence-electron chi connectivity index (χ0n) is 12.4. The Labute approximate surface area is 118 Å². The van der Waals surface area contributed by atoms with E-state index in [0.29, 0.717) is 17.9 Å². The smallest absolute Gasteiger partial charge is 0.0236 e. The van der Waals surface area contributed by atoms with Gasteiger partial charge in [-0.3, -0.25) is 4.90 Å². The van der Waals surface area contributed by atoms with E-state index in [2.05, 4.69) is 49.1 Å². The summed E-state index contributed by atoms with van der Waals surface area (Å²) < 4.78 is 0. The minimum absolute atomic E-state index is 0.629. The summed E-state index contributed by atoms with van der Waals surface area (Å²) in [6.07, 6.45) is 4.00. The Kier molecular flexibility index (Phi) is 5.41. The van der Waals surface area contributed by atoms with Crippen LogP contribution in [0.25, 0.3) is 0 Å². The van der Waals surface area contributed by atoms with Gasteiger partial charge in [-0.2, -0.15) is 0 Å². The highest BCUT2D eigenvalue weighted by atomic mass is 15.2. The number of nitrogens with zero attached hydrogens (tertiary/aromatic N) is 1. The molecule has 1 aromatic carbocycles. The lowest BCUT2D eigenvalue weighted by Gasteiger charge is -2.41. The van der Waals surface area contributed by atoms with Crippen molar-refractivity contribution >= 4 is 0 Å². The van der Waals surface area contributed by atoms with Crippen LogP contribution >= 0.6 is 0 Å². The summed E-state index contributed by atoms with van der Waals surface area (Å²) >= 11 is 0. The van der Waals surface area contributed by atoms with Crippen molar-refractivity contribution in [2.75, 3.05) is 13.1 Å². The van der Waals surface area contributed by atoms with Crippen LogP contribution in [0.4, 0.5) is 0 Å². The van der Waals surface area contributed by atoms with Crippen molar-refractivity contribution in [3.63, 3.8) is 0 Å². The van der Waals surface area contributed by atoms with Crippen LogP contribution in [-0.2, 0) is 6.54 Å². The molecule has 0 aromatic heterocycles. The van der Waals surface area contributed by atoms with E-state index in [1.165, 1.54) is 31.4 Å². The first-order valence-corrected chi connectivity index (χ1v) is 7.70. The average molecular weight is 260 g/mol. The first-order chi connectivity index (χ1) is 9.22. The molecule has 2 heteroatoms. The molecule has 2 nitrogen and oxygen atoms in total. The molecular formula is C17H28N2. The molecule has 106 valence electrons. The number of hydrogen-bond acceptors (Lipinski definition) is 2. The SMILES string of the molecule is CC(C)C(CN)C1CCCCN1Cc1ccccc1. The number of hydrogen-bond donors (Lipinski definition) is 1. The summed E-state index contributed by atoms with van der Waals surface area (Å²) in [5.74, 6) is 1.30. The van der Waals surface area contributed by atoms with Gasteiger partial charge in [-0.15, -0.1) is 0 Å². The molecule has 0 aliphatic carbocycles. The molecule has 1 aliphatic heterocycles. The fraction of sp³-hybridized carbons (Fsp3) is 0.647. The molecule has 2 unspecified atom stereocenters. The Morgan fingerprint density at radius 1 is 1.21 bits per heavy atom. The van der Waals surface area contributed by atoms with Crippen molar-refractivity contribution in [2.45, 2.75) is 45.7 Å². The van der Waals surface area contributed by atoms with Crippen molar-refractivity contribution in [3.05, 3.63) is 35.9 Å². The molecule has 2 atom stereocenters. The minimum atomic E-state index is 0.629. The summed E-state index contributed by atoms with van der Waals surface area (Å²) in [5.41, 5.74) is 7.46. The van der Waals surface area contributed by atoms with Crippen molar-refractivity contribution in [2.24, 2.45) is 17.6 Å². The van der Waals surface area contributed by atoms with Crippen molar-refractivity contribution in [1.82, 2.24) is 4.90 Å². The molecular weight excluding hydrogens is 232 g/mol. The van der Waals surface area contributed by atoms with Crippen LogP contribution in [0.15, 0.2) is 30.3 Å². The van der Waals surface area contributed by atoms with E-state index >= 15 is 0 Å². The number of nitrogens with two attached hydrogens (primary N) is 1. The fourth-order valence-electron chi connectivity index (χ4n) is 3.39. The molecule has 1 aliphatic rings. The molecule has 19 heavy (non-hydrogen) atoms. The van der Waals surface area contributed by atoms with E-state index in [-0.39, 0.29) is 0 Å². The van der Waals surface area contributed by atoms with Gasteiger partial charge >= 0.3 is 0 Å². The fourth-order valence-corrected chi connectivity index (χ4v) is 3.39. The summed E-state index contributed by atoms with van der Waals surface area (Å²) in [5, 5.41) is 0. The first-order valence-electron chi connectivity index (χ1n) is 7.70. The van der Waals surface area contributed by atoms with Gasteiger partial charge in [0.05, 0.1) is 0 Å². The van der Waals surface area contributed by atoms with E-state index in [0.717, 1.165) is 13.1 Å². The lowest BCUT2D eigenvalue weighted by molar-refractivity contribution is 0.0755. The first kappa shape index (κ1) is 14.5. The third-order valence-electron chi connectivity index (χ3n) is 4.52. The topological polar surface area (TPSA) is 29.3 Å². The van der Waals surface area contributed by atoms with Crippen molar-refractivity contribution in [1.29, 1.82) is 0 Å². The van der Waals surface area contributed by atoms with Crippen molar-refractivity contribution in [3.8, 4) is 0 Å². The van der Waals surface area contributed by atoms with E-state index in [9.17, 15) is 0 Å². The highest BCUT2D eigenvalue weighted by Crippen LogP contribution is 2.28.